The molecule has 0 aliphatic carbocycles. The van der Waals surface area contributed by atoms with E-state index in [0.717, 1.165) is 0 Å². The van der Waals surface area contributed by atoms with Crippen LogP contribution in [-0.4, -0.2) is 26.2 Å². The average molecular weight is 250 g/mol. The average Bonchev–Trinajstić information content (AvgIpc) is 2.47. The van der Waals surface area contributed by atoms with Crippen LogP contribution in [0.15, 0.2) is 16.5 Å². The molecule has 1 aromatic rings. The summed E-state index contributed by atoms with van der Waals surface area (Å²) in [6.45, 7) is 6.07. The van der Waals surface area contributed by atoms with Crippen molar-refractivity contribution in [3.05, 3.63) is 17.9 Å². The van der Waals surface area contributed by atoms with Crippen molar-refractivity contribution in [1.82, 2.24) is 0 Å². The molecule has 0 spiro atoms. The molecule has 0 aliphatic heterocycles. The van der Waals surface area contributed by atoms with E-state index in [2.05, 4.69) is 0 Å². The summed E-state index contributed by atoms with van der Waals surface area (Å²) >= 11 is 0. The Morgan fingerprint density at radius 3 is 2.20 bits per heavy atom. The first-order chi connectivity index (χ1) is 6.62. The van der Waals surface area contributed by atoms with Gasteiger partial charge < -0.3 is 9.52 Å². The van der Waals surface area contributed by atoms with Crippen molar-refractivity contribution in [3.63, 3.8) is 0 Å². The largest absolute Gasteiger partial charge is 0.467 e. The Kier molecular flexibility index (Phi) is 3.10. The maximum Gasteiger partial charge on any atom is 0.299 e. The maximum absolute atomic E-state index is 10.6. The molecule has 1 aromatic heterocycles. The normalized spacial score (nSPS) is 15.3. The fourth-order valence-electron chi connectivity index (χ4n) is 1.04. The Morgan fingerprint density at radius 1 is 1.33 bits per heavy atom. The Bertz CT molecular complexity index is 442. The van der Waals surface area contributed by atoms with E-state index >= 15 is 0 Å². The highest BCUT2D eigenvalue weighted by Crippen LogP contribution is 2.18. The van der Waals surface area contributed by atoms with Gasteiger partial charge in [-0.15, -0.1) is 0 Å². The highest BCUT2D eigenvalue weighted by atomic mass is 32.2. The van der Waals surface area contributed by atoms with Crippen LogP contribution < -0.4 is 5.38 Å². The summed E-state index contributed by atoms with van der Waals surface area (Å²) in [6.07, 6.45) is 0. The monoisotopic (exact) mass is 250 g/mol. The van der Waals surface area contributed by atoms with Gasteiger partial charge in [-0.3, -0.25) is 4.55 Å². The predicted octanol–water partition coefficient (Wildman–Crippen LogP) is 0.703. The van der Waals surface area contributed by atoms with E-state index in [4.69, 9.17) is 8.97 Å². The lowest BCUT2D eigenvalue weighted by Gasteiger charge is -2.11. The second-order valence-electron chi connectivity index (χ2n) is 4.32. The molecule has 5 nitrogen and oxygen atoms in total. The van der Waals surface area contributed by atoms with Crippen molar-refractivity contribution >= 4 is 23.6 Å². The van der Waals surface area contributed by atoms with Gasteiger partial charge in [-0.2, -0.15) is 8.42 Å². The Balaban J connectivity index is 3.06. The minimum absolute atomic E-state index is 0.144. The lowest BCUT2D eigenvalue weighted by Crippen LogP contribution is -2.36. The Labute approximate surface area is 89.5 Å². The molecular weight excluding hydrogens is 236 g/mol. The number of rotatable bonds is 3. The quantitative estimate of drug-likeness (QED) is 0.609. The third-order valence-corrected chi connectivity index (χ3v) is 4.44. The zero-order valence-corrected chi connectivity index (χ0v) is 10.6. The van der Waals surface area contributed by atoms with E-state index in [1.807, 2.05) is 19.6 Å². The summed E-state index contributed by atoms with van der Waals surface area (Å²) < 4.78 is 35.1. The zero-order valence-electron chi connectivity index (χ0n) is 8.76. The number of aliphatic hydroxyl groups excluding tert-OH is 1. The molecule has 1 rings (SSSR count). The molecule has 0 fully saturated rings. The van der Waals surface area contributed by atoms with Crippen LogP contribution in [0.2, 0.25) is 19.6 Å². The first-order valence-electron chi connectivity index (χ1n) is 4.37. The van der Waals surface area contributed by atoms with Gasteiger partial charge in [0, 0.05) is 0 Å². The van der Waals surface area contributed by atoms with Crippen molar-refractivity contribution in [2.75, 3.05) is 0 Å². The maximum atomic E-state index is 10.6. The molecular formula is C8H14O5SSi. The van der Waals surface area contributed by atoms with Gasteiger partial charge in [-0.05, 0) is 12.1 Å². The van der Waals surface area contributed by atoms with E-state index in [1.165, 1.54) is 6.07 Å². The minimum Gasteiger partial charge on any atom is -0.467 e. The van der Waals surface area contributed by atoms with Crippen LogP contribution in [0.3, 0.4) is 0 Å². The zero-order chi connectivity index (χ0) is 11.9. The topological polar surface area (TPSA) is 87.7 Å². The van der Waals surface area contributed by atoms with Gasteiger partial charge in [0.15, 0.2) is 0 Å². The van der Waals surface area contributed by atoms with Gasteiger partial charge in [-0.25, -0.2) is 0 Å². The summed E-state index contributed by atoms with van der Waals surface area (Å²) in [7, 11) is -6.18. The van der Waals surface area contributed by atoms with E-state index in [1.54, 1.807) is 6.07 Å². The van der Waals surface area contributed by atoms with Gasteiger partial charge in [-0.1, -0.05) is 19.6 Å². The van der Waals surface area contributed by atoms with Crippen molar-refractivity contribution < 1.29 is 22.5 Å². The highest BCUT2D eigenvalue weighted by molar-refractivity contribution is 7.85. The minimum atomic E-state index is -4.51. The summed E-state index contributed by atoms with van der Waals surface area (Å²) in [5.74, 6) is -0.144. The highest BCUT2D eigenvalue weighted by Gasteiger charge is 2.28. The van der Waals surface area contributed by atoms with Gasteiger partial charge in [0.1, 0.15) is 13.8 Å². The SMILES string of the molecule is C[Si](C)(C)c1ccc(C(O)S(=O)(=O)O)o1. The Hall–Kier alpha value is -0.633. The Morgan fingerprint density at radius 2 is 1.87 bits per heavy atom. The number of furan rings is 1. The third kappa shape index (κ3) is 2.91. The molecule has 0 saturated heterocycles. The molecule has 15 heavy (non-hydrogen) atoms. The van der Waals surface area contributed by atoms with Crippen LogP contribution in [0, 0.1) is 0 Å². The lowest BCUT2D eigenvalue weighted by atomic mass is 10.5. The van der Waals surface area contributed by atoms with Gasteiger partial charge in [0.2, 0.25) is 5.44 Å². The van der Waals surface area contributed by atoms with E-state index < -0.39 is 23.6 Å². The summed E-state index contributed by atoms with van der Waals surface area (Å²) in [4.78, 5) is 0. The second-order valence-corrected chi connectivity index (χ2v) is 10.8. The summed E-state index contributed by atoms with van der Waals surface area (Å²) in [5.41, 5.74) is -2.00. The van der Waals surface area contributed by atoms with Gasteiger partial charge in [0.25, 0.3) is 10.1 Å². The van der Waals surface area contributed by atoms with Crippen molar-refractivity contribution in [2.45, 2.75) is 25.1 Å². The summed E-state index contributed by atoms with van der Waals surface area (Å²) in [5, 5.41) is 9.90. The van der Waals surface area contributed by atoms with Gasteiger partial charge in [0.05, 0.1) is 5.38 Å². The summed E-state index contributed by atoms with van der Waals surface area (Å²) in [6, 6.07) is 3.00. The van der Waals surface area contributed by atoms with Gasteiger partial charge >= 0.3 is 0 Å². The van der Waals surface area contributed by atoms with E-state index in [0.29, 0.717) is 5.38 Å². The number of aliphatic hydroxyl groups is 1. The molecule has 0 aromatic carbocycles. The third-order valence-electron chi connectivity index (χ3n) is 1.89. The fourth-order valence-corrected chi connectivity index (χ4v) is 2.46. The van der Waals surface area contributed by atoms with Crippen molar-refractivity contribution in [1.29, 1.82) is 0 Å². The first kappa shape index (κ1) is 12.4. The van der Waals surface area contributed by atoms with E-state index in [-0.39, 0.29) is 5.76 Å². The number of hydrogen-bond acceptors (Lipinski definition) is 4. The molecule has 1 unspecified atom stereocenters. The van der Waals surface area contributed by atoms with Crippen LogP contribution in [0.25, 0.3) is 0 Å². The molecule has 0 radical (unpaired) electrons. The molecule has 86 valence electrons. The predicted molar refractivity (Wildman–Crippen MR) is 58.2 cm³/mol. The standard InChI is InChI=1S/C8H14O5SSi/c1-15(2,3)7-5-4-6(13-7)8(9)14(10,11)12/h4-5,8-9H,1-3H3,(H,10,11,12). The molecule has 1 heterocycles. The van der Waals surface area contributed by atoms with E-state index in [9.17, 15) is 13.5 Å². The molecule has 1 atom stereocenters. The van der Waals surface area contributed by atoms with Crippen LogP contribution in [-0.2, 0) is 10.1 Å². The van der Waals surface area contributed by atoms with Crippen LogP contribution in [0.5, 0.6) is 0 Å². The smallest absolute Gasteiger partial charge is 0.299 e. The lowest BCUT2D eigenvalue weighted by molar-refractivity contribution is 0.211. The van der Waals surface area contributed by atoms with Crippen LogP contribution in [0.4, 0.5) is 0 Å². The van der Waals surface area contributed by atoms with Crippen LogP contribution >= 0.6 is 0 Å². The fraction of sp³-hybridized carbons (Fsp3) is 0.500. The molecule has 0 bridgehead atoms. The molecule has 2 N–H and O–H groups in total. The molecule has 7 heteroatoms. The van der Waals surface area contributed by atoms with Crippen molar-refractivity contribution in [2.24, 2.45) is 0 Å². The van der Waals surface area contributed by atoms with Crippen molar-refractivity contribution in [3.8, 4) is 0 Å². The second kappa shape index (κ2) is 3.74. The molecule has 0 aliphatic rings. The molecule has 0 amide bonds. The first-order valence-corrected chi connectivity index (χ1v) is 9.37. The molecule has 0 saturated carbocycles. The van der Waals surface area contributed by atoms with Crippen LogP contribution in [0.1, 0.15) is 11.2 Å². The number of hydrogen-bond donors (Lipinski definition) is 2.